The second kappa shape index (κ2) is 9.03. The molecule has 5 heteroatoms. The molecule has 0 bridgehead atoms. The number of halogens is 1. The van der Waals surface area contributed by atoms with E-state index < -0.39 is 0 Å². The van der Waals surface area contributed by atoms with Crippen LogP contribution in [0.15, 0.2) is 12.1 Å². The molecule has 0 atom stereocenters. The normalized spacial score (nSPS) is 10.3. The first-order valence-corrected chi connectivity index (χ1v) is 7.77. The van der Waals surface area contributed by atoms with Crippen LogP contribution in [0, 0.1) is 0 Å². The summed E-state index contributed by atoms with van der Waals surface area (Å²) < 4.78 is 11.3. The van der Waals surface area contributed by atoms with E-state index >= 15 is 0 Å². The summed E-state index contributed by atoms with van der Waals surface area (Å²) in [7, 11) is 0. The Bertz CT molecular complexity index is 452. The standard InChI is InChI=1S/C15H22ClNO2S/c1-3-5-6-7-8-19-14-12(16)9-11(15(17)20)10-13(14)18-4-2/h9-10H,3-8H2,1-2H3,(H2,17,20). The molecule has 2 N–H and O–H groups in total. The summed E-state index contributed by atoms with van der Waals surface area (Å²) in [4.78, 5) is 0.294. The van der Waals surface area contributed by atoms with Gasteiger partial charge in [-0.2, -0.15) is 0 Å². The number of nitrogens with two attached hydrogens (primary N) is 1. The molecule has 112 valence electrons. The maximum atomic E-state index is 6.23. The van der Waals surface area contributed by atoms with Crippen molar-refractivity contribution in [2.24, 2.45) is 5.73 Å². The van der Waals surface area contributed by atoms with Crippen LogP contribution >= 0.6 is 23.8 Å². The molecule has 0 aromatic heterocycles. The van der Waals surface area contributed by atoms with E-state index in [4.69, 9.17) is 39.0 Å². The lowest BCUT2D eigenvalue weighted by molar-refractivity contribution is 0.270. The van der Waals surface area contributed by atoms with Crippen LogP contribution in [0.2, 0.25) is 5.02 Å². The van der Waals surface area contributed by atoms with E-state index in [-0.39, 0.29) is 0 Å². The number of hydrogen-bond acceptors (Lipinski definition) is 3. The van der Waals surface area contributed by atoms with Gasteiger partial charge in [-0.25, -0.2) is 0 Å². The van der Waals surface area contributed by atoms with Crippen LogP contribution in [0.4, 0.5) is 0 Å². The third-order valence-corrected chi connectivity index (χ3v) is 3.35. The molecule has 0 heterocycles. The van der Waals surface area contributed by atoms with E-state index in [0.717, 1.165) is 12.8 Å². The highest BCUT2D eigenvalue weighted by Gasteiger charge is 2.13. The van der Waals surface area contributed by atoms with Gasteiger partial charge in [0.25, 0.3) is 0 Å². The molecule has 1 rings (SSSR count). The summed E-state index contributed by atoms with van der Waals surface area (Å²) in [6, 6.07) is 3.49. The van der Waals surface area contributed by atoms with Crippen LogP contribution in [0.3, 0.4) is 0 Å². The summed E-state index contributed by atoms with van der Waals surface area (Å²) in [6.45, 7) is 5.25. The van der Waals surface area contributed by atoms with E-state index in [1.807, 2.05) is 6.92 Å². The first-order valence-electron chi connectivity index (χ1n) is 6.99. The molecule has 0 radical (unpaired) electrons. The third kappa shape index (κ3) is 5.17. The molecule has 3 nitrogen and oxygen atoms in total. The Morgan fingerprint density at radius 2 is 1.95 bits per heavy atom. The van der Waals surface area contributed by atoms with Crippen LogP contribution in [0.25, 0.3) is 0 Å². The molecule has 20 heavy (non-hydrogen) atoms. The Labute approximate surface area is 131 Å². The molecule has 1 aromatic rings. The van der Waals surface area contributed by atoms with Gasteiger partial charge in [0.15, 0.2) is 11.5 Å². The quantitative estimate of drug-likeness (QED) is 0.544. The Balaban J connectivity index is 2.79. The maximum Gasteiger partial charge on any atom is 0.179 e. The van der Waals surface area contributed by atoms with Crippen molar-refractivity contribution in [2.75, 3.05) is 13.2 Å². The fourth-order valence-electron chi connectivity index (χ4n) is 1.82. The summed E-state index contributed by atoms with van der Waals surface area (Å²) in [5.41, 5.74) is 6.32. The predicted octanol–water partition coefficient (Wildman–Crippen LogP) is 4.33. The van der Waals surface area contributed by atoms with Gasteiger partial charge in [-0.1, -0.05) is 50.0 Å². The van der Waals surface area contributed by atoms with Gasteiger partial charge >= 0.3 is 0 Å². The van der Waals surface area contributed by atoms with Crippen LogP contribution in [-0.4, -0.2) is 18.2 Å². The first kappa shape index (κ1) is 17.1. The molecule has 0 fully saturated rings. The van der Waals surface area contributed by atoms with Crippen molar-refractivity contribution in [3.8, 4) is 11.5 Å². The third-order valence-electron chi connectivity index (χ3n) is 2.84. The van der Waals surface area contributed by atoms with Crippen molar-refractivity contribution in [3.63, 3.8) is 0 Å². The Hall–Kier alpha value is -1.00. The first-order chi connectivity index (χ1) is 9.60. The second-order valence-electron chi connectivity index (χ2n) is 4.49. The molecule has 0 amide bonds. The van der Waals surface area contributed by atoms with Crippen molar-refractivity contribution in [3.05, 3.63) is 22.7 Å². The van der Waals surface area contributed by atoms with Crippen molar-refractivity contribution in [1.29, 1.82) is 0 Å². The van der Waals surface area contributed by atoms with Crippen molar-refractivity contribution in [2.45, 2.75) is 39.5 Å². The van der Waals surface area contributed by atoms with Gasteiger partial charge in [0.2, 0.25) is 0 Å². The zero-order valence-corrected chi connectivity index (χ0v) is 13.6. The molecular weight excluding hydrogens is 294 g/mol. The molecule has 0 saturated carbocycles. The lowest BCUT2D eigenvalue weighted by Gasteiger charge is -2.15. The smallest absolute Gasteiger partial charge is 0.179 e. The summed E-state index contributed by atoms with van der Waals surface area (Å²) in [5, 5.41) is 0.481. The molecule has 0 aliphatic heterocycles. The Morgan fingerprint density at radius 3 is 2.55 bits per heavy atom. The molecule has 0 spiro atoms. The number of ether oxygens (including phenoxy) is 2. The Morgan fingerprint density at radius 1 is 1.20 bits per heavy atom. The van der Waals surface area contributed by atoms with Crippen LogP contribution in [0.5, 0.6) is 11.5 Å². The van der Waals surface area contributed by atoms with E-state index in [1.165, 1.54) is 12.8 Å². The van der Waals surface area contributed by atoms with Gasteiger partial charge in [-0.15, -0.1) is 0 Å². The van der Waals surface area contributed by atoms with Gasteiger partial charge in [0.1, 0.15) is 4.99 Å². The minimum absolute atomic E-state index is 0.294. The summed E-state index contributed by atoms with van der Waals surface area (Å²) >= 11 is 11.2. The fraction of sp³-hybridized carbons (Fsp3) is 0.533. The summed E-state index contributed by atoms with van der Waals surface area (Å²) in [6.07, 6.45) is 4.58. The lowest BCUT2D eigenvalue weighted by atomic mass is 10.2. The minimum Gasteiger partial charge on any atom is -0.490 e. The van der Waals surface area contributed by atoms with Gasteiger partial charge in [0.05, 0.1) is 18.2 Å². The number of unbranched alkanes of at least 4 members (excludes halogenated alkanes) is 3. The molecule has 1 aromatic carbocycles. The van der Waals surface area contributed by atoms with Crippen LogP contribution < -0.4 is 15.2 Å². The van der Waals surface area contributed by atoms with E-state index in [0.29, 0.717) is 40.3 Å². The van der Waals surface area contributed by atoms with Crippen molar-refractivity contribution in [1.82, 2.24) is 0 Å². The molecular formula is C15H22ClNO2S. The SMILES string of the molecule is CCCCCCOc1c(Cl)cc(C(N)=S)cc1OCC. The van der Waals surface area contributed by atoms with Gasteiger partial charge in [-0.05, 0) is 25.5 Å². The summed E-state index contributed by atoms with van der Waals surface area (Å²) in [5.74, 6) is 1.17. The topological polar surface area (TPSA) is 44.5 Å². The van der Waals surface area contributed by atoms with E-state index in [2.05, 4.69) is 6.92 Å². The lowest BCUT2D eigenvalue weighted by Crippen LogP contribution is -2.10. The predicted molar refractivity (Wildman–Crippen MR) is 88.1 cm³/mol. The Kier molecular flexibility index (Phi) is 7.70. The fourth-order valence-corrected chi connectivity index (χ4v) is 2.20. The molecule has 0 aliphatic carbocycles. The average molecular weight is 316 g/mol. The molecule has 0 aliphatic rings. The highest BCUT2D eigenvalue weighted by atomic mass is 35.5. The number of hydrogen-bond donors (Lipinski definition) is 1. The highest BCUT2D eigenvalue weighted by Crippen LogP contribution is 2.36. The van der Waals surface area contributed by atoms with Crippen LogP contribution in [0.1, 0.15) is 45.1 Å². The van der Waals surface area contributed by atoms with Crippen molar-refractivity contribution < 1.29 is 9.47 Å². The maximum absolute atomic E-state index is 6.23. The number of thiocarbonyl (C=S) groups is 1. The molecule has 0 unspecified atom stereocenters. The average Bonchev–Trinajstić information content (AvgIpc) is 2.40. The van der Waals surface area contributed by atoms with Crippen molar-refractivity contribution >= 4 is 28.8 Å². The van der Waals surface area contributed by atoms with Gasteiger partial charge < -0.3 is 15.2 Å². The van der Waals surface area contributed by atoms with Gasteiger partial charge in [-0.3, -0.25) is 0 Å². The zero-order chi connectivity index (χ0) is 15.0. The number of rotatable bonds is 9. The largest absolute Gasteiger partial charge is 0.490 e. The van der Waals surface area contributed by atoms with E-state index in [1.54, 1.807) is 12.1 Å². The number of benzene rings is 1. The second-order valence-corrected chi connectivity index (χ2v) is 5.34. The zero-order valence-electron chi connectivity index (χ0n) is 12.1. The van der Waals surface area contributed by atoms with E-state index in [9.17, 15) is 0 Å². The molecule has 0 saturated heterocycles. The van der Waals surface area contributed by atoms with Crippen LogP contribution in [-0.2, 0) is 0 Å². The monoisotopic (exact) mass is 315 g/mol. The minimum atomic E-state index is 0.294. The highest BCUT2D eigenvalue weighted by molar-refractivity contribution is 7.80. The van der Waals surface area contributed by atoms with Gasteiger partial charge in [0, 0.05) is 5.56 Å².